The number of hydrogen-bond acceptors (Lipinski definition) is 2. The van der Waals surface area contributed by atoms with Crippen molar-refractivity contribution in [2.24, 2.45) is 0 Å². The normalized spacial score (nSPS) is 10.5. The summed E-state index contributed by atoms with van der Waals surface area (Å²) in [7, 11) is 0. The van der Waals surface area contributed by atoms with E-state index in [4.69, 9.17) is 0 Å². The summed E-state index contributed by atoms with van der Waals surface area (Å²) in [5, 5.41) is 9.33. The zero-order chi connectivity index (χ0) is 14.0. The molecular formula is C17H18O2. The lowest BCUT2D eigenvalue weighted by Gasteiger charge is -2.11. The molecule has 0 amide bonds. The molecule has 2 nitrogen and oxygen atoms in total. The molecule has 2 aromatic carbocycles. The lowest BCUT2D eigenvalue weighted by atomic mass is 9.93. The molecule has 2 rings (SSSR count). The van der Waals surface area contributed by atoms with E-state index in [1.807, 2.05) is 45.0 Å². The number of rotatable bonds is 3. The van der Waals surface area contributed by atoms with Gasteiger partial charge in [-0.25, -0.2) is 0 Å². The summed E-state index contributed by atoms with van der Waals surface area (Å²) >= 11 is 0. The van der Waals surface area contributed by atoms with Crippen molar-refractivity contribution < 1.29 is 9.90 Å². The van der Waals surface area contributed by atoms with E-state index in [0.717, 1.165) is 11.1 Å². The van der Waals surface area contributed by atoms with Crippen LogP contribution in [-0.4, -0.2) is 10.9 Å². The van der Waals surface area contributed by atoms with Crippen LogP contribution in [-0.2, 0) is 6.61 Å². The van der Waals surface area contributed by atoms with Crippen molar-refractivity contribution >= 4 is 5.78 Å². The molecule has 0 heterocycles. The van der Waals surface area contributed by atoms with Crippen LogP contribution in [0.25, 0.3) is 0 Å². The Labute approximate surface area is 113 Å². The summed E-state index contributed by atoms with van der Waals surface area (Å²) in [5.41, 5.74) is 5.23. The molecule has 0 spiro atoms. The predicted molar refractivity (Wildman–Crippen MR) is 76.5 cm³/mol. The van der Waals surface area contributed by atoms with Crippen molar-refractivity contribution in [2.45, 2.75) is 27.4 Å². The molecule has 2 heteroatoms. The van der Waals surface area contributed by atoms with E-state index in [1.165, 1.54) is 5.56 Å². The molecule has 0 aliphatic rings. The van der Waals surface area contributed by atoms with E-state index in [9.17, 15) is 9.90 Å². The first kappa shape index (κ1) is 13.5. The molecule has 2 aromatic rings. The Kier molecular flexibility index (Phi) is 3.82. The van der Waals surface area contributed by atoms with Crippen LogP contribution in [0.1, 0.15) is 38.2 Å². The fourth-order valence-corrected chi connectivity index (χ4v) is 2.23. The molecule has 0 aliphatic heterocycles. The van der Waals surface area contributed by atoms with Crippen LogP contribution in [0.4, 0.5) is 0 Å². The van der Waals surface area contributed by atoms with E-state index >= 15 is 0 Å². The Morgan fingerprint density at radius 2 is 1.58 bits per heavy atom. The first-order chi connectivity index (χ1) is 9.04. The third kappa shape index (κ3) is 2.59. The van der Waals surface area contributed by atoms with Crippen LogP contribution >= 0.6 is 0 Å². The molecule has 0 saturated carbocycles. The van der Waals surface area contributed by atoms with Gasteiger partial charge in [-0.1, -0.05) is 30.3 Å². The summed E-state index contributed by atoms with van der Waals surface area (Å²) in [5.74, 6) is -0.0229. The SMILES string of the molecule is Cc1cc(C)c(C(=O)c2ccccc2CO)cc1C. The number of carbonyl (C=O) groups excluding carboxylic acids is 1. The fourth-order valence-electron chi connectivity index (χ4n) is 2.23. The summed E-state index contributed by atoms with van der Waals surface area (Å²) in [4.78, 5) is 12.6. The molecule has 0 saturated heterocycles. The second-order valence-electron chi connectivity index (χ2n) is 4.90. The van der Waals surface area contributed by atoms with Gasteiger partial charge in [-0.05, 0) is 49.1 Å². The van der Waals surface area contributed by atoms with E-state index in [-0.39, 0.29) is 12.4 Å². The van der Waals surface area contributed by atoms with Crippen molar-refractivity contribution in [1.82, 2.24) is 0 Å². The first-order valence-corrected chi connectivity index (χ1v) is 6.36. The minimum atomic E-state index is -0.119. The third-order valence-corrected chi connectivity index (χ3v) is 3.52. The second-order valence-corrected chi connectivity index (χ2v) is 4.90. The molecule has 19 heavy (non-hydrogen) atoms. The quantitative estimate of drug-likeness (QED) is 0.853. The summed E-state index contributed by atoms with van der Waals surface area (Å²) in [6.07, 6.45) is 0. The van der Waals surface area contributed by atoms with E-state index in [0.29, 0.717) is 16.7 Å². The van der Waals surface area contributed by atoms with Crippen LogP contribution in [0.2, 0.25) is 0 Å². The third-order valence-electron chi connectivity index (χ3n) is 3.52. The van der Waals surface area contributed by atoms with Gasteiger partial charge in [0.05, 0.1) is 6.61 Å². The van der Waals surface area contributed by atoms with Crippen molar-refractivity contribution in [3.05, 3.63) is 69.8 Å². The standard InChI is InChI=1S/C17H18O2/c1-11-8-13(3)16(9-12(11)2)17(19)15-7-5-4-6-14(15)10-18/h4-9,18H,10H2,1-3H3. The summed E-state index contributed by atoms with van der Waals surface area (Å²) in [6, 6.07) is 11.2. The number of ketones is 1. The van der Waals surface area contributed by atoms with Gasteiger partial charge in [0.2, 0.25) is 0 Å². The molecule has 0 aromatic heterocycles. The zero-order valence-corrected chi connectivity index (χ0v) is 11.5. The van der Waals surface area contributed by atoms with Crippen molar-refractivity contribution in [3.63, 3.8) is 0 Å². The Morgan fingerprint density at radius 3 is 2.26 bits per heavy atom. The highest BCUT2D eigenvalue weighted by Gasteiger charge is 2.15. The Balaban J connectivity index is 2.53. The van der Waals surface area contributed by atoms with Gasteiger partial charge < -0.3 is 5.11 Å². The van der Waals surface area contributed by atoms with E-state index in [2.05, 4.69) is 0 Å². The lowest BCUT2D eigenvalue weighted by Crippen LogP contribution is -2.08. The Hall–Kier alpha value is -1.93. The van der Waals surface area contributed by atoms with Gasteiger partial charge in [-0.3, -0.25) is 4.79 Å². The van der Waals surface area contributed by atoms with E-state index in [1.54, 1.807) is 12.1 Å². The van der Waals surface area contributed by atoms with Crippen LogP contribution in [0.15, 0.2) is 36.4 Å². The Morgan fingerprint density at radius 1 is 0.947 bits per heavy atom. The monoisotopic (exact) mass is 254 g/mol. The van der Waals surface area contributed by atoms with Gasteiger partial charge in [0.25, 0.3) is 0 Å². The molecule has 0 bridgehead atoms. The van der Waals surface area contributed by atoms with Gasteiger partial charge in [0.15, 0.2) is 5.78 Å². The van der Waals surface area contributed by atoms with Crippen molar-refractivity contribution in [3.8, 4) is 0 Å². The molecule has 0 aliphatic carbocycles. The van der Waals surface area contributed by atoms with Crippen molar-refractivity contribution in [1.29, 1.82) is 0 Å². The lowest BCUT2D eigenvalue weighted by molar-refractivity contribution is 0.103. The average Bonchev–Trinajstić information content (AvgIpc) is 2.42. The molecule has 0 atom stereocenters. The fraction of sp³-hybridized carbons (Fsp3) is 0.235. The number of aliphatic hydroxyl groups is 1. The highest BCUT2D eigenvalue weighted by Crippen LogP contribution is 2.20. The summed E-state index contributed by atoms with van der Waals surface area (Å²) < 4.78 is 0. The van der Waals surface area contributed by atoms with Crippen LogP contribution < -0.4 is 0 Å². The van der Waals surface area contributed by atoms with Crippen molar-refractivity contribution in [2.75, 3.05) is 0 Å². The maximum atomic E-state index is 12.6. The average molecular weight is 254 g/mol. The molecule has 98 valence electrons. The number of hydrogen-bond donors (Lipinski definition) is 1. The molecule has 0 fully saturated rings. The molecule has 0 radical (unpaired) electrons. The number of carbonyl (C=O) groups is 1. The minimum Gasteiger partial charge on any atom is -0.392 e. The molecule has 1 N–H and O–H groups in total. The number of aryl methyl sites for hydroxylation is 3. The van der Waals surface area contributed by atoms with Gasteiger partial charge >= 0.3 is 0 Å². The maximum Gasteiger partial charge on any atom is 0.193 e. The first-order valence-electron chi connectivity index (χ1n) is 6.36. The largest absolute Gasteiger partial charge is 0.392 e. The predicted octanol–water partition coefficient (Wildman–Crippen LogP) is 3.34. The van der Waals surface area contributed by atoms with E-state index < -0.39 is 0 Å². The number of benzene rings is 2. The van der Waals surface area contributed by atoms with Crippen LogP contribution in [0.3, 0.4) is 0 Å². The maximum absolute atomic E-state index is 12.6. The smallest absolute Gasteiger partial charge is 0.193 e. The van der Waals surface area contributed by atoms with Crippen LogP contribution in [0.5, 0.6) is 0 Å². The zero-order valence-electron chi connectivity index (χ0n) is 11.5. The minimum absolute atomic E-state index is 0.0229. The highest BCUT2D eigenvalue weighted by atomic mass is 16.3. The molecular weight excluding hydrogens is 236 g/mol. The molecule has 0 unspecified atom stereocenters. The number of aliphatic hydroxyl groups excluding tert-OH is 1. The van der Waals surface area contributed by atoms with Gasteiger partial charge in [0.1, 0.15) is 0 Å². The van der Waals surface area contributed by atoms with Gasteiger partial charge in [-0.15, -0.1) is 0 Å². The van der Waals surface area contributed by atoms with Gasteiger partial charge in [-0.2, -0.15) is 0 Å². The summed E-state index contributed by atoms with van der Waals surface area (Å²) in [6.45, 7) is 5.87. The van der Waals surface area contributed by atoms with Gasteiger partial charge in [0, 0.05) is 11.1 Å². The van der Waals surface area contributed by atoms with Crippen LogP contribution in [0, 0.1) is 20.8 Å². The topological polar surface area (TPSA) is 37.3 Å². The Bertz CT molecular complexity index is 627. The highest BCUT2D eigenvalue weighted by molar-refractivity contribution is 6.10. The second kappa shape index (κ2) is 5.37.